The Labute approximate surface area is 271 Å². The van der Waals surface area contributed by atoms with Crippen LogP contribution in [0.4, 0.5) is 22.3 Å². The Morgan fingerprint density at radius 1 is 1.09 bits per heavy atom. The van der Waals surface area contributed by atoms with Gasteiger partial charge in [0.1, 0.15) is 29.0 Å². The Hall–Kier alpha value is -5.41. The highest BCUT2D eigenvalue weighted by molar-refractivity contribution is 5.96. The molecule has 4 N–H and O–H groups in total. The van der Waals surface area contributed by atoms with E-state index in [-0.39, 0.29) is 30.6 Å². The molecule has 1 fully saturated rings. The Bertz CT molecular complexity index is 1770. The quantitative estimate of drug-likeness (QED) is 0.189. The molecule has 1 saturated heterocycles. The van der Waals surface area contributed by atoms with Crippen molar-refractivity contribution in [2.45, 2.75) is 58.2 Å². The molecule has 0 aliphatic carbocycles. The summed E-state index contributed by atoms with van der Waals surface area (Å²) in [6, 6.07) is 5.81. The van der Waals surface area contributed by atoms with Crippen LogP contribution >= 0.6 is 0 Å². The van der Waals surface area contributed by atoms with Crippen molar-refractivity contribution in [2.24, 2.45) is 12.8 Å². The molecule has 5 rings (SSSR count). The molecule has 16 heteroatoms. The average Bonchev–Trinajstić information content (AvgIpc) is 3.55. The molecule has 0 unspecified atom stereocenters. The number of aryl methyl sites for hydroxylation is 1. The molecule has 0 atom stereocenters. The smallest absolute Gasteiger partial charge is 0.408 e. The number of rotatable bonds is 12. The van der Waals surface area contributed by atoms with Gasteiger partial charge in [-0.25, -0.2) is 14.8 Å². The van der Waals surface area contributed by atoms with Gasteiger partial charge in [-0.15, -0.1) is 0 Å². The fourth-order valence-electron chi connectivity index (χ4n) is 4.69. The lowest BCUT2D eigenvalue weighted by atomic mass is 9.97. The number of aromatic nitrogens is 5. The van der Waals surface area contributed by atoms with Gasteiger partial charge in [0.2, 0.25) is 0 Å². The number of carbonyl (C=O) groups is 3. The largest absolute Gasteiger partial charge is 0.493 e. The van der Waals surface area contributed by atoms with E-state index in [1.54, 1.807) is 83.1 Å². The third-order valence-electron chi connectivity index (χ3n) is 7.05. The zero-order valence-corrected chi connectivity index (χ0v) is 27.2. The zero-order valence-electron chi connectivity index (χ0n) is 27.2. The zero-order chi connectivity index (χ0) is 33.9. The molecule has 0 bridgehead atoms. The highest BCUT2D eigenvalue weighted by Gasteiger charge is 2.33. The van der Waals surface area contributed by atoms with Crippen molar-refractivity contribution in [1.82, 2.24) is 30.0 Å². The summed E-state index contributed by atoms with van der Waals surface area (Å²) < 4.78 is 24.2. The SMILES string of the molecule is Cn1cc(Nc2ncc(C3CN(c4nc5ccc(OCCC(C)(C)OC(=O)CNC(=O)OC(C)(C)C)cc5o4)C3)nc2C(N)=O)cn1. The van der Waals surface area contributed by atoms with Crippen molar-refractivity contribution in [3.8, 4) is 5.75 Å². The summed E-state index contributed by atoms with van der Waals surface area (Å²) in [7, 11) is 1.78. The second-order valence-electron chi connectivity index (χ2n) is 12.8. The molecule has 2 amide bonds. The van der Waals surface area contributed by atoms with Crippen LogP contribution < -0.4 is 26.0 Å². The molecular formula is C31H39N9O7. The number of nitrogens with one attached hydrogen (secondary N) is 2. The van der Waals surface area contributed by atoms with Crippen LogP contribution in [0.3, 0.4) is 0 Å². The average molecular weight is 650 g/mol. The standard InChI is InChI=1S/C31H39N9O7/c1-30(2,3)47-29(43)34-14-24(41)46-31(4,5)9-10-44-20-7-8-21-23(11-20)45-28(38-21)40-15-18(16-40)22-13-33-27(25(37-22)26(32)42)36-19-12-35-39(6)17-19/h7-8,11-13,17-18H,9-10,14-16H2,1-6H3,(H2,32,42)(H,33,36)(H,34,43). The Kier molecular flexibility index (Phi) is 9.21. The van der Waals surface area contributed by atoms with Crippen LogP contribution in [0.2, 0.25) is 0 Å². The normalized spacial score (nSPS) is 13.6. The number of anilines is 3. The molecule has 0 radical (unpaired) electrons. The van der Waals surface area contributed by atoms with E-state index in [2.05, 4.69) is 30.7 Å². The minimum absolute atomic E-state index is 0.00694. The van der Waals surface area contributed by atoms with Crippen LogP contribution in [0.1, 0.15) is 63.1 Å². The van der Waals surface area contributed by atoms with Gasteiger partial charge >= 0.3 is 12.1 Å². The van der Waals surface area contributed by atoms with Gasteiger partial charge in [0.25, 0.3) is 11.9 Å². The van der Waals surface area contributed by atoms with Crippen LogP contribution in [0.25, 0.3) is 11.1 Å². The number of oxazole rings is 1. The van der Waals surface area contributed by atoms with Gasteiger partial charge in [0, 0.05) is 44.7 Å². The van der Waals surface area contributed by atoms with Crippen molar-refractivity contribution in [2.75, 3.05) is 36.5 Å². The van der Waals surface area contributed by atoms with Crippen LogP contribution in [0.15, 0.2) is 41.2 Å². The number of carbonyl (C=O) groups excluding carboxylic acids is 3. The Morgan fingerprint density at radius 3 is 2.53 bits per heavy atom. The van der Waals surface area contributed by atoms with Crippen molar-refractivity contribution < 1.29 is 33.0 Å². The number of ether oxygens (including phenoxy) is 3. The Morgan fingerprint density at radius 2 is 1.85 bits per heavy atom. The van der Waals surface area contributed by atoms with E-state index in [1.807, 2.05) is 4.90 Å². The van der Waals surface area contributed by atoms with Crippen LogP contribution in [0.5, 0.6) is 5.75 Å². The van der Waals surface area contributed by atoms with Gasteiger partial charge in [-0.05, 0) is 46.8 Å². The van der Waals surface area contributed by atoms with Crippen molar-refractivity contribution in [3.63, 3.8) is 0 Å². The lowest BCUT2D eigenvalue weighted by Gasteiger charge is -2.37. The van der Waals surface area contributed by atoms with E-state index in [0.29, 0.717) is 53.8 Å². The second kappa shape index (κ2) is 13.1. The highest BCUT2D eigenvalue weighted by atomic mass is 16.6. The predicted molar refractivity (Wildman–Crippen MR) is 171 cm³/mol. The van der Waals surface area contributed by atoms with Crippen LogP contribution in [0, 0.1) is 0 Å². The monoisotopic (exact) mass is 649 g/mol. The van der Waals surface area contributed by atoms with E-state index >= 15 is 0 Å². The lowest BCUT2D eigenvalue weighted by molar-refractivity contribution is -0.156. The minimum Gasteiger partial charge on any atom is -0.493 e. The Balaban J connectivity index is 1.11. The number of amides is 2. The molecule has 4 aromatic rings. The van der Waals surface area contributed by atoms with E-state index in [9.17, 15) is 14.4 Å². The van der Waals surface area contributed by atoms with Gasteiger partial charge in [0.15, 0.2) is 17.1 Å². The molecule has 47 heavy (non-hydrogen) atoms. The maximum Gasteiger partial charge on any atom is 0.408 e. The molecule has 0 spiro atoms. The summed E-state index contributed by atoms with van der Waals surface area (Å²) >= 11 is 0. The van der Waals surface area contributed by atoms with Gasteiger partial charge in [-0.3, -0.25) is 14.3 Å². The third kappa shape index (κ3) is 8.65. The van der Waals surface area contributed by atoms with Crippen LogP contribution in [-0.2, 0) is 21.3 Å². The van der Waals surface area contributed by atoms with Gasteiger partial charge in [0.05, 0.1) is 30.4 Å². The first kappa shape index (κ1) is 33.0. The van der Waals surface area contributed by atoms with E-state index in [1.165, 1.54) is 0 Å². The lowest BCUT2D eigenvalue weighted by Crippen LogP contribution is -2.45. The molecule has 0 saturated carbocycles. The first-order valence-corrected chi connectivity index (χ1v) is 15.0. The maximum absolute atomic E-state index is 12.2. The molecule has 250 valence electrons. The molecule has 16 nitrogen and oxygen atoms in total. The fraction of sp³-hybridized carbons (Fsp3) is 0.452. The van der Waals surface area contributed by atoms with Gasteiger partial charge in [-0.1, -0.05) is 0 Å². The number of nitrogens with zero attached hydrogens (tertiary/aromatic N) is 6. The number of fused-ring (bicyclic) bond motifs is 1. The van der Waals surface area contributed by atoms with E-state index in [0.717, 1.165) is 0 Å². The molecular weight excluding hydrogens is 610 g/mol. The fourth-order valence-corrected chi connectivity index (χ4v) is 4.69. The highest BCUT2D eigenvalue weighted by Crippen LogP contribution is 2.34. The number of primary amides is 1. The number of hydrogen-bond donors (Lipinski definition) is 3. The summed E-state index contributed by atoms with van der Waals surface area (Å²) in [6.07, 6.45) is 4.70. The number of alkyl carbamates (subject to hydrolysis) is 1. The molecule has 3 aromatic heterocycles. The van der Waals surface area contributed by atoms with Crippen molar-refractivity contribution in [1.29, 1.82) is 0 Å². The third-order valence-corrected chi connectivity index (χ3v) is 7.05. The van der Waals surface area contributed by atoms with Gasteiger partial charge in [-0.2, -0.15) is 10.1 Å². The molecule has 1 aliphatic rings. The summed E-state index contributed by atoms with van der Waals surface area (Å²) in [6.45, 7) is 9.84. The molecule has 4 heterocycles. The number of nitrogens with two attached hydrogens (primary N) is 1. The summed E-state index contributed by atoms with van der Waals surface area (Å²) in [4.78, 5) is 51.6. The molecule has 1 aromatic carbocycles. The minimum atomic E-state index is -0.830. The first-order valence-electron chi connectivity index (χ1n) is 15.0. The number of esters is 1. The summed E-state index contributed by atoms with van der Waals surface area (Å²) in [5.74, 6) is -0.423. The van der Waals surface area contributed by atoms with Crippen molar-refractivity contribution >= 4 is 46.6 Å². The summed E-state index contributed by atoms with van der Waals surface area (Å²) in [5.41, 5.74) is 6.69. The second-order valence-corrected chi connectivity index (χ2v) is 12.8. The van der Waals surface area contributed by atoms with Crippen LogP contribution in [-0.4, -0.2) is 80.1 Å². The predicted octanol–water partition coefficient (Wildman–Crippen LogP) is 3.41. The maximum atomic E-state index is 12.2. The van der Waals surface area contributed by atoms with E-state index < -0.39 is 29.2 Å². The number of benzene rings is 1. The summed E-state index contributed by atoms with van der Waals surface area (Å²) in [5, 5.41) is 9.52. The molecule has 1 aliphatic heterocycles. The topological polar surface area (TPSA) is 202 Å². The van der Waals surface area contributed by atoms with Crippen molar-refractivity contribution in [3.05, 3.63) is 48.2 Å². The van der Waals surface area contributed by atoms with E-state index in [4.69, 9.17) is 24.4 Å². The number of hydrogen-bond acceptors (Lipinski definition) is 13. The first-order chi connectivity index (χ1) is 22.1. The van der Waals surface area contributed by atoms with Gasteiger partial charge < -0.3 is 39.9 Å².